The molecule has 0 radical (unpaired) electrons. The van der Waals surface area contributed by atoms with Gasteiger partial charge in [-0.1, -0.05) is 68.9 Å². The van der Waals surface area contributed by atoms with Crippen LogP contribution in [0.15, 0.2) is 36.4 Å². The fourth-order valence-corrected chi connectivity index (χ4v) is 5.43. The zero-order valence-corrected chi connectivity index (χ0v) is 16.6. The quantitative estimate of drug-likeness (QED) is 0.607. The lowest BCUT2D eigenvalue weighted by atomic mass is 9.76. The summed E-state index contributed by atoms with van der Waals surface area (Å²) in [5.41, 5.74) is 20.9. The molecule has 2 aliphatic rings. The van der Waals surface area contributed by atoms with Crippen molar-refractivity contribution in [1.29, 1.82) is 0 Å². The largest absolute Gasteiger partial charge is 0.398 e. The molecule has 0 bridgehead atoms. The zero-order chi connectivity index (χ0) is 18.6. The first-order valence-electron chi connectivity index (χ1n) is 11.0. The van der Waals surface area contributed by atoms with Crippen LogP contribution in [0, 0.1) is 0 Å². The average Bonchev–Trinajstić information content (AvgIpc) is 2.72. The standard InChI is InChI=1S/C25H34N2/c26-23-17-21(19-12-6-2-7-13-19)22(16-18-10-4-1-5-11-18)25(27)24(23)20-14-8-3-9-15-20/h1,4-5,10-11,17,19-20H,2-3,6-9,12-16,26-27H2. The SMILES string of the molecule is Nc1cc(C2CCCCC2)c(Cc2ccccc2)c(N)c1C1CCCCC1. The van der Waals surface area contributed by atoms with Crippen LogP contribution in [0.4, 0.5) is 11.4 Å². The van der Waals surface area contributed by atoms with E-state index in [1.165, 1.54) is 86.5 Å². The van der Waals surface area contributed by atoms with Crippen molar-refractivity contribution in [2.24, 2.45) is 0 Å². The van der Waals surface area contributed by atoms with E-state index in [4.69, 9.17) is 11.5 Å². The Labute approximate surface area is 164 Å². The van der Waals surface area contributed by atoms with Crippen LogP contribution in [-0.4, -0.2) is 0 Å². The highest BCUT2D eigenvalue weighted by Gasteiger charge is 2.26. The number of hydrogen-bond donors (Lipinski definition) is 2. The minimum atomic E-state index is 0.550. The lowest BCUT2D eigenvalue weighted by Gasteiger charge is -2.30. The number of anilines is 2. The van der Waals surface area contributed by atoms with Gasteiger partial charge in [0, 0.05) is 16.9 Å². The van der Waals surface area contributed by atoms with Crippen LogP contribution in [0.3, 0.4) is 0 Å². The first-order chi connectivity index (χ1) is 13.2. The highest BCUT2D eigenvalue weighted by Crippen LogP contribution is 2.45. The fraction of sp³-hybridized carbons (Fsp3) is 0.520. The molecule has 2 nitrogen and oxygen atoms in total. The molecular formula is C25H34N2. The average molecular weight is 363 g/mol. The molecule has 0 spiro atoms. The van der Waals surface area contributed by atoms with Crippen LogP contribution in [0.2, 0.25) is 0 Å². The Morgan fingerprint density at radius 2 is 1.33 bits per heavy atom. The molecule has 2 heteroatoms. The molecule has 4 N–H and O–H groups in total. The van der Waals surface area contributed by atoms with E-state index in [0.29, 0.717) is 11.8 Å². The second kappa shape index (κ2) is 8.37. The minimum Gasteiger partial charge on any atom is -0.398 e. The molecule has 0 saturated heterocycles. The van der Waals surface area contributed by atoms with E-state index in [1.54, 1.807) is 0 Å². The third-order valence-corrected chi connectivity index (χ3v) is 6.87. The van der Waals surface area contributed by atoms with Crippen LogP contribution in [-0.2, 0) is 6.42 Å². The summed E-state index contributed by atoms with van der Waals surface area (Å²) in [7, 11) is 0. The molecule has 0 aromatic heterocycles. The van der Waals surface area contributed by atoms with Gasteiger partial charge in [0.15, 0.2) is 0 Å². The monoisotopic (exact) mass is 362 g/mol. The van der Waals surface area contributed by atoms with E-state index < -0.39 is 0 Å². The van der Waals surface area contributed by atoms with Gasteiger partial charge in [0.25, 0.3) is 0 Å². The predicted octanol–water partition coefficient (Wildman–Crippen LogP) is 6.54. The maximum atomic E-state index is 6.89. The summed E-state index contributed by atoms with van der Waals surface area (Å²) in [4.78, 5) is 0. The molecule has 2 aromatic rings. The summed E-state index contributed by atoms with van der Waals surface area (Å²) in [6.45, 7) is 0. The minimum absolute atomic E-state index is 0.550. The summed E-state index contributed by atoms with van der Waals surface area (Å²) in [5, 5.41) is 0. The lowest BCUT2D eigenvalue weighted by molar-refractivity contribution is 0.439. The van der Waals surface area contributed by atoms with Crippen molar-refractivity contribution in [1.82, 2.24) is 0 Å². The Morgan fingerprint density at radius 3 is 1.96 bits per heavy atom. The highest BCUT2D eigenvalue weighted by atomic mass is 14.6. The van der Waals surface area contributed by atoms with Gasteiger partial charge in [0.2, 0.25) is 0 Å². The topological polar surface area (TPSA) is 52.0 Å². The van der Waals surface area contributed by atoms with Crippen LogP contribution < -0.4 is 11.5 Å². The summed E-state index contributed by atoms with van der Waals surface area (Å²) >= 11 is 0. The molecule has 2 aliphatic carbocycles. The lowest BCUT2D eigenvalue weighted by Crippen LogP contribution is -2.16. The third-order valence-electron chi connectivity index (χ3n) is 6.87. The summed E-state index contributed by atoms with van der Waals surface area (Å²) in [6, 6.07) is 13.1. The maximum absolute atomic E-state index is 6.89. The molecule has 2 aromatic carbocycles. The van der Waals surface area contributed by atoms with Crippen molar-refractivity contribution in [2.75, 3.05) is 11.5 Å². The van der Waals surface area contributed by atoms with Gasteiger partial charge in [-0.2, -0.15) is 0 Å². The second-order valence-corrected chi connectivity index (χ2v) is 8.69. The van der Waals surface area contributed by atoms with Gasteiger partial charge in [0.05, 0.1) is 0 Å². The summed E-state index contributed by atoms with van der Waals surface area (Å²) < 4.78 is 0. The van der Waals surface area contributed by atoms with Crippen LogP contribution in [0.1, 0.15) is 98.3 Å². The van der Waals surface area contributed by atoms with Crippen molar-refractivity contribution in [3.05, 3.63) is 58.7 Å². The van der Waals surface area contributed by atoms with E-state index in [9.17, 15) is 0 Å². The molecule has 2 fully saturated rings. The normalized spacial score (nSPS) is 19.3. The molecule has 0 atom stereocenters. The Morgan fingerprint density at radius 1 is 0.741 bits per heavy atom. The number of nitrogens with two attached hydrogens (primary N) is 2. The Kier molecular flexibility index (Phi) is 5.71. The van der Waals surface area contributed by atoms with Crippen LogP contribution >= 0.6 is 0 Å². The van der Waals surface area contributed by atoms with Crippen molar-refractivity contribution < 1.29 is 0 Å². The second-order valence-electron chi connectivity index (χ2n) is 8.69. The smallest absolute Gasteiger partial charge is 0.0409 e. The number of hydrogen-bond acceptors (Lipinski definition) is 2. The Bertz CT molecular complexity index is 754. The molecule has 2 saturated carbocycles. The van der Waals surface area contributed by atoms with Crippen molar-refractivity contribution in [2.45, 2.75) is 82.5 Å². The molecule has 0 heterocycles. The van der Waals surface area contributed by atoms with Gasteiger partial charge in [-0.25, -0.2) is 0 Å². The van der Waals surface area contributed by atoms with Gasteiger partial charge in [0.1, 0.15) is 0 Å². The number of rotatable bonds is 4. The molecular weight excluding hydrogens is 328 g/mol. The molecule has 0 aliphatic heterocycles. The van der Waals surface area contributed by atoms with E-state index in [1.807, 2.05) is 0 Å². The van der Waals surface area contributed by atoms with Gasteiger partial charge < -0.3 is 11.5 Å². The number of nitrogen functional groups attached to an aromatic ring is 2. The van der Waals surface area contributed by atoms with E-state index in [0.717, 1.165) is 17.8 Å². The third kappa shape index (κ3) is 4.00. The van der Waals surface area contributed by atoms with Gasteiger partial charge in [-0.15, -0.1) is 0 Å². The summed E-state index contributed by atoms with van der Waals surface area (Å²) in [5.74, 6) is 1.18. The highest BCUT2D eigenvalue weighted by molar-refractivity contribution is 5.70. The van der Waals surface area contributed by atoms with Crippen LogP contribution in [0.5, 0.6) is 0 Å². The molecule has 144 valence electrons. The summed E-state index contributed by atoms with van der Waals surface area (Å²) in [6.07, 6.45) is 14.0. The Hall–Kier alpha value is -1.96. The molecule has 27 heavy (non-hydrogen) atoms. The fourth-order valence-electron chi connectivity index (χ4n) is 5.43. The van der Waals surface area contributed by atoms with E-state index in [2.05, 4.69) is 36.4 Å². The van der Waals surface area contributed by atoms with Crippen molar-refractivity contribution in [3.63, 3.8) is 0 Å². The van der Waals surface area contributed by atoms with Crippen molar-refractivity contribution in [3.8, 4) is 0 Å². The first-order valence-corrected chi connectivity index (χ1v) is 11.0. The van der Waals surface area contributed by atoms with Gasteiger partial charge in [-0.05, 0) is 66.7 Å². The zero-order valence-electron chi connectivity index (χ0n) is 16.6. The van der Waals surface area contributed by atoms with E-state index in [-0.39, 0.29) is 0 Å². The predicted molar refractivity (Wildman–Crippen MR) is 116 cm³/mol. The number of benzene rings is 2. The molecule has 0 amide bonds. The van der Waals surface area contributed by atoms with E-state index >= 15 is 0 Å². The van der Waals surface area contributed by atoms with Crippen molar-refractivity contribution >= 4 is 11.4 Å². The molecule has 4 rings (SSSR count). The van der Waals surface area contributed by atoms with Gasteiger partial charge in [-0.3, -0.25) is 0 Å². The molecule has 0 unspecified atom stereocenters. The van der Waals surface area contributed by atoms with Crippen LogP contribution in [0.25, 0.3) is 0 Å². The first kappa shape index (κ1) is 18.4. The Balaban J connectivity index is 1.77. The maximum Gasteiger partial charge on any atom is 0.0409 e. The van der Waals surface area contributed by atoms with Gasteiger partial charge >= 0.3 is 0 Å².